The lowest BCUT2D eigenvalue weighted by atomic mass is 9.72. The van der Waals surface area contributed by atoms with E-state index >= 15 is 0 Å². The van der Waals surface area contributed by atoms with Crippen LogP contribution in [0.2, 0.25) is 0 Å². The molecule has 2 rings (SSSR count). The minimum atomic E-state index is 0.314. The summed E-state index contributed by atoms with van der Waals surface area (Å²) in [6.45, 7) is 4.71. The Morgan fingerprint density at radius 2 is 1.93 bits per heavy atom. The van der Waals surface area contributed by atoms with Crippen molar-refractivity contribution < 1.29 is 0 Å². The summed E-state index contributed by atoms with van der Waals surface area (Å²) in [7, 11) is 0. The second-order valence-corrected chi connectivity index (χ2v) is 5.93. The van der Waals surface area contributed by atoms with Crippen molar-refractivity contribution in [2.45, 2.75) is 58.4 Å². The Morgan fingerprint density at radius 1 is 1.29 bits per heavy atom. The van der Waals surface area contributed by atoms with Crippen molar-refractivity contribution in [2.75, 3.05) is 0 Å². The maximum absolute atomic E-state index is 6.09. The third-order valence-corrected chi connectivity index (χ3v) is 3.78. The summed E-state index contributed by atoms with van der Waals surface area (Å²) in [6.07, 6.45) is 10.5. The van der Waals surface area contributed by atoms with Crippen LogP contribution in [0, 0.1) is 11.3 Å². The fraction of sp³-hybridized carbons (Fsp3) is 0.846. The molecule has 0 aromatic carbocycles. The average Bonchev–Trinajstić information content (AvgIpc) is 2.51. The van der Waals surface area contributed by atoms with Crippen molar-refractivity contribution in [3.63, 3.8) is 0 Å². The van der Waals surface area contributed by atoms with Gasteiger partial charge in [-0.25, -0.2) is 0 Å². The standard InChI is InChI=1S/C13H23N/c1-13(2)8-11(7-12(14)9-13)10-5-3-4-6-10/h7,10,12H,3-6,8-9,14H2,1-2H3. The Morgan fingerprint density at radius 3 is 2.50 bits per heavy atom. The summed E-state index contributed by atoms with van der Waals surface area (Å²) < 4.78 is 0. The molecule has 1 fully saturated rings. The second kappa shape index (κ2) is 3.69. The highest BCUT2D eigenvalue weighted by Gasteiger charge is 2.31. The minimum Gasteiger partial charge on any atom is -0.324 e. The molecule has 0 bridgehead atoms. The topological polar surface area (TPSA) is 26.0 Å². The van der Waals surface area contributed by atoms with Gasteiger partial charge in [0.2, 0.25) is 0 Å². The van der Waals surface area contributed by atoms with Crippen molar-refractivity contribution >= 4 is 0 Å². The molecule has 14 heavy (non-hydrogen) atoms. The van der Waals surface area contributed by atoms with Gasteiger partial charge < -0.3 is 5.73 Å². The van der Waals surface area contributed by atoms with E-state index in [1.54, 1.807) is 5.57 Å². The Hall–Kier alpha value is -0.300. The van der Waals surface area contributed by atoms with E-state index < -0.39 is 0 Å². The monoisotopic (exact) mass is 193 g/mol. The van der Waals surface area contributed by atoms with Gasteiger partial charge in [-0.1, -0.05) is 38.3 Å². The summed E-state index contributed by atoms with van der Waals surface area (Å²) in [6, 6.07) is 0.314. The SMILES string of the molecule is CC1(C)CC(C2CCCC2)=CC(N)C1. The van der Waals surface area contributed by atoms with Crippen molar-refractivity contribution in [2.24, 2.45) is 17.1 Å². The molecule has 0 spiro atoms. The van der Waals surface area contributed by atoms with E-state index in [0.29, 0.717) is 11.5 Å². The zero-order valence-electron chi connectivity index (χ0n) is 9.55. The Labute approximate surface area is 87.8 Å². The van der Waals surface area contributed by atoms with Gasteiger partial charge in [0.05, 0.1) is 0 Å². The highest BCUT2D eigenvalue weighted by Crippen LogP contribution is 2.42. The van der Waals surface area contributed by atoms with E-state index in [2.05, 4.69) is 19.9 Å². The van der Waals surface area contributed by atoms with Gasteiger partial charge in [-0.05, 0) is 37.0 Å². The first-order valence-electron chi connectivity index (χ1n) is 6.03. The lowest BCUT2D eigenvalue weighted by molar-refractivity contribution is 0.287. The predicted octanol–water partition coefficient (Wildman–Crippen LogP) is 3.25. The third-order valence-electron chi connectivity index (χ3n) is 3.78. The Balaban J connectivity index is 2.10. The fourth-order valence-corrected chi connectivity index (χ4v) is 3.23. The van der Waals surface area contributed by atoms with Crippen LogP contribution in [0.15, 0.2) is 11.6 Å². The summed E-state index contributed by atoms with van der Waals surface area (Å²) in [5.41, 5.74) is 8.20. The summed E-state index contributed by atoms with van der Waals surface area (Å²) in [4.78, 5) is 0. The summed E-state index contributed by atoms with van der Waals surface area (Å²) in [5.74, 6) is 0.876. The van der Waals surface area contributed by atoms with E-state index in [1.165, 1.54) is 32.1 Å². The van der Waals surface area contributed by atoms with E-state index in [4.69, 9.17) is 5.73 Å². The van der Waals surface area contributed by atoms with Crippen LogP contribution in [0.5, 0.6) is 0 Å². The first-order valence-corrected chi connectivity index (χ1v) is 6.03. The molecular formula is C13H23N. The van der Waals surface area contributed by atoms with Crippen molar-refractivity contribution in [1.82, 2.24) is 0 Å². The maximum Gasteiger partial charge on any atom is 0.0231 e. The molecule has 0 aromatic rings. The van der Waals surface area contributed by atoms with Crippen LogP contribution in [0.3, 0.4) is 0 Å². The van der Waals surface area contributed by atoms with E-state index in [0.717, 1.165) is 12.3 Å². The smallest absolute Gasteiger partial charge is 0.0231 e. The summed E-state index contributed by atoms with van der Waals surface area (Å²) >= 11 is 0. The third kappa shape index (κ3) is 2.20. The number of nitrogens with two attached hydrogens (primary N) is 1. The van der Waals surface area contributed by atoms with Gasteiger partial charge >= 0.3 is 0 Å². The zero-order valence-corrected chi connectivity index (χ0v) is 9.55. The fourth-order valence-electron chi connectivity index (χ4n) is 3.23. The van der Waals surface area contributed by atoms with Gasteiger partial charge in [0, 0.05) is 6.04 Å². The Kier molecular flexibility index (Phi) is 2.70. The maximum atomic E-state index is 6.09. The highest BCUT2D eigenvalue weighted by molar-refractivity contribution is 5.17. The van der Waals surface area contributed by atoms with Crippen molar-refractivity contribution in [1.29, 1.82) is 0 Å². The van der Waals surface area contributed by atoms with Crippen LogP contribution in [-0.2, 0) is 0 Å². The first-order chi connectivity index (χ1) is 6.57. The van der Waals surface area contributed by atoms with Gasteiger partial charge in [-0.2, -0.15) is 0 Å². The molecule has 1 saturated carbocycles. The molecule has 1 unspecified atom stereocenters. The highest BCUT2D eigenvalue weighted by atomic mass is 14.6. The zero-order chi connectivity index (χ0) is 10.2. The molecule has 2 aliphatic rings. The molecule has 80 valence electrons. The van der Waals surface area contributed by atoms with E-state index in [-0.39, 0.29) is 0 Å². The van der Waals surface area contributed by atoms with Gasteiger partial charge in [0.15, 0.2) is 0 Å². The molecule has 0 saturated heterocycles. The summed E-state index contributed by atoms with van der Waals surface area (Å²) in [5, 5.41) is 0. The van der Waals surface area contributed by atoms with Gasteiger partial charge in [0.1, 0.15) is 0 Å². The number of hydrogen-bond donors (Lipinski definition) is 1. The number of allylic oxidation sites excluding steroid dienone is 1. The largest absolute Gasteiger partial charge is 0.324 e. The predicted molar refractivity (Wildman–Crippen MR) is 61.0 cm³/mol. The van der Waals surface area contributed by atoms with Crippen LogP contribution >= 0.6 is 0 Å². The lowest BCUT2D eigenvalue weighted by Crippen LogP contribution is -2.32. The van der Waals surface area contributed by atoms with Crippen molar-refractivity contribution in [3.8, 4) is 0 Å². The van der Waals surface area contributed by atoms with E-state index in [1.807, 2.05) is 0 Å². The van der Waals surface area contributed by atoms with Crippen molar-refractivity contribution in [3.05, 3.63) is 11.6 Å². The van der Waals surface area contributed by atoms with Gasteiger partial charge in [-0.15, -0.1) is 0 Å². The molecule has 2 N–H and O–H groups in total. The van der Waals surface area contributed by atoms with Crippen LogP contribution in [0.1, 0.15) is 52.4 Å². The molecule has 0 radical (unpaired) electrons. The first kappa shape index (κ1) is 10.2. The van der Waals surface area contributed by atoms with Crippen LogP contribution < -0.4 is 5.73 Å². The minimum absolute atomic E-state index is 0.314. The molecule has 0 aliphatic heterocycles. The normalized spacial score (nSPS) is 33.1. The van der Waals surface area contributed by atoms with E-state index in [9.17, 15) is 0 Å². The van der Waals surface area contributed by atoms with Crippen LogP contribution in [-0.4, -0.2) is 6.04 Å². The molecule has 1 heteroatoms. The lowest BCUT2D eigenvalue weighted by Gasteiger charge is -2.35. The van der Waals surface area contributed by atoms with Crippen LogP contribution in [0.4, 0.5) is 0 Å². The molecule has 0 amide bonds. The molecule has 2 aliphatic carbocycles. The second-order valence-electron chi connectivity index (χ2n) is 5.93. The molecule has 0 heterocycles. The average molecular weight is 193 g/mol. The van der Waals surface area contributed by atoms with Crippen LogP contribution in [0.25, 0.3) is 0 Å². The molecular weight excluding hydrogens is 170 g/mol. The van der Waals surface area contributed by atoms with Gasteiger partial charge in [-0.3, -0.25) is 0 Å². The number of rotatable bonds is 1. The van der Waals surface area contributed by atoms with Gasteiger partial charge in [0.25, 0.3) is 0 Å². The number of hydrogen-bond acceptors (Lipinski definition) is 1. The molecule has 0 aromatic heterocycles. The molecule has 1 atom stereocenters. The Bertz CT molecular complexity index is 234. The molecule has 1 nitrogen and oxygen atoms in total. The quantitative estimate of drug-likeness (QED) is 0.636.